The molecule has 0 saturated carbocycles. The molecule has 0 bridgehead atoms. The Morgan fingerprint density at radius 3 is 1.70 bits per heavy atom. The van der Waals surface area contributed by atoms with Gasteiger partial charge in [-0.15, -0.1) is 0 Å². The van der Waals surface area contributed by atoms with Crippen LogP contribution in [-0.2, 0) is 0 Å². The molecule has 57 heavy (non-hydrogen) atoms. The van der Waals surface area contributed by atoms with Crippen molar-refractivity contribution in [1.29, 1.82) is 0 Å². The van der Waals surface area contributed by atoms with Crippen LogP contribution in [0.2, 0.25) is 0 Å². The van der Waals surface area contributed by atoms with E-state index in [1.54, 1.807) is 0 Å². The number of amidine groups is 1. The normalized spacial score (nSPS) is 15.5. The minimum Gasteiger partial charge on any atom is -0.455 e. The van der Waals surface area contributed by atoms with Crippen molar-refractivity contribution in [2.24, 2.45) is 4.99 Å². The third-order valence-electron chi connectivity index (χ3n) is 11.3. The number of rotatable bonds is 6. The molecule has 4 nitrogen and oxygen atoms in total. The van der Waals surface area contributed by atoms with Crippen LogP contribution in [-0.4, -0.2) is 5.84 Å². The predicted molar refractivity (Wildman–Crippen MR) is 236 cm³/mol. The first kappa shape index (κ1) is 33.1. The van der Waals surface area contributed by atoms with Gasteiger partial charge in [-0.25, -0.2) is 4.99 Å². The average molecular weight is 732 g/mol. The molecule has 270 valence electrons. The summed E-state index contributed by atoms with van der Waals surface area (Å²) in [5.41, 5.74) is 11.7. The zero-order chi connectivity index (χ0) is 37.7. The van der Waals surface area contributed by atoms with Crippen LogP contribution in [0.15, 0.2) is 210 Å². The molecule has 0 fully saturated rings. The Morgan fingerprint density at radius 1 is 0.439 bits per heavy atom. The van der Waals surface area contributed by atoms with Crippen LogP contribution in [0.5, 0.6) is 0 Å². The monoisotopic (exact) mass is 731 g/mol. The molecular weight excluding hydrogens is 695 g/mol. The molecule has 2 N–H and O–H groups in total. The summed E-state index contributed by atoms with van der Waals surface area (Å²) in [6, 6.07) is 71.1. The molecule has 0 amide bonds. The highest BCUT2D eigenvalue weighted by molar-refractivity contribution is 6.15. The number of furan rings is 1. The summed E-state index contributed by atoms with van der Waals surface area (Å²) in [7, 11) is 0. The molecule has 0 radical (unpaired) electrons. The zero-order valence-corrected chi connectivity index (χ0v) is 31.1. The van der Waals surface area contributed by atoms with Crippen molar-refractivity contribution in [3.8, 4) is 33.4 Å². The maximum Gasteiger partial charge on any atom is 0.143 e. The fourth-order valence-electron chi connectivity index (χ4n) is 8.45. The lowest BCUT2D eigenvalue weighted by molar-refractivity contribution is 0.411. The molecule has 0 saturated heterocycles. The Morgan fingerprint density at radius 2 is 1.02 bits per heavy atom. The van der Waals surface area contributed by atoms with E-state index in [1.807, 2.05) is 0 Å². The Hall–Kier alpha value is -7.27. The lowest BCUT2D eigenvalue weighted by atomic mass is 9.93. The summed E-state index contributed by atoms with van der Waals surface area (Å²) in [6.07, 6.45) is -0.606. The topological polar surface area (TPSA) is 49.6 Å². The van der Waals surface area contributed by atoms with Gasteiger partial charge in [0, 0.05) is 27.5 Å². The maximum absolute atomic E-state index is 6.96. The van der Waals surface area contributed by atoms with E-state index >= 15 is 0 Å². The van der Waals surface area contributed by atoms with Crippen molar-refractivity contribution in [3.05, 3.63) is 217 Å². The quantitative estimate of drug-likeness (QED) is 0.179. The van der Waals surface area contributed by atoms with E-state index in [2.05, 4.69) is 211 Å². The Kier molecular flexibility index (Phi) is 8.01. The average Bonchev–Trinajstić information content (AvgIpc) is 3.66. The fourth-order valence-corrected chi connectivity index (χ4v) is 8.45. The molecule has 0 aliphatic carbocycles. The van der Waals surface area contributed by atoms with Crippen LogP contribution in [0.1, 0.15) is 29.0 Å². The van der Waals surface area contributed by atoms with Crippen LogP contribution in [0.4, 0.5) is 0 Å². The van der Waals surface area contributed by atoms with Gasteiger partial charge in [-0.2, -0.15) is 0 Å². The van der Waals surface area contributed by atoms with Gasteiger partial charge in [0.25, 0.3) is 0 Å². The number of aliphatic imine (C=N–C) groups is 1. The SMILES string of the molecule is c1ccc(-c2cc(C3=NC(c4ccccc4)NC(c4ccc(-c5ccc6ccccc6c5)c5oc6cc7ccccc7cc6c45)N3)cc(-c3ccccc3)c2)cc1. The molecule has 10 aromatic rings. The van der Waals surface area contributed by atoms with Crippen LogP contribution < -0.4 is 10.6 Å². The Labute approximate surface area is 330 Å². The summed E-state index contributed by atoms with van der Waals surface area (Å²) in [5.74, 6) is 0.826. The van der Waals surface area contributed by atoms with Crippen molar-refractivity contribution in [2.75, 3.05) is 0 Å². The molecule has 4 heteroatoms. The summed E-state index contributed by atoms with van der Waals surface area (Å²) in [6.45, 7) is 0. The molecule has 0 spiro atoms. The van der Waals surface area contributed by atoms with Crippen molar-refractivity contribution in [1.82, 2.24) is 10.6 Å². The van der Waals surface area contributed by atoms with Crippen molar-refractivity contribution in [2.45, 2.75) is 12.3 Å². The first-order chi connectivity index (χ1) is 28.2. The molecule has 2 heterocycles. The number of fused-ring (bicyclic) bond motifs is 5. The second-order valence-corrected chi connectivity index (χ2v) is 14.8. The zero-order valence-electron chi connectivity index (χ0n) is 31.1. The van der Waals surface area contributed by atoms with Gasteiger partial charge < -0.3 is 9.73 Å². The summed E-state index contributed by atoms with van der Waals surface area (Å²) in [5, 5.41) is 14.7. The van der Waals surface area contributed by atoms with Crippen molar-refractivity contribution in [3.63, 3.8) is 0 Å². The van der Waals surface area contributed by atoms with E-state index in [-0.39, 0.29) is 12.3 Å². The van der Waals surface area contributed by atoms with Crippen LogP contribution in [0, 0.1) is 0 Å². The Balaban J connectivity index is 1.12. The second kappa shape index (κ2) is 13.8. The number of hydrogen-bond donors (Lipinski definition) is 2. The van der Waals surface area contributed by atoms with Gasteiger partial charge in [0.2, 0.25) is 0 Å². The largest absolute Gasteiger partial charge is 0.455 e. The highest BCUT2D eigenvalue weighted by Gasteiger charge is 2.29. The number of nitrogens with zero attached hydrogens (tertiary/aromatic N) is 1. The van der Waals surface area contributed by atoms with E-state index in [9.17, 15) is 0 Å². The van der Waals surface area contributed by atoms with Crippen molar-refractivity contribution < 1.29 is 4.42 Å². The molecule has 1 aliphatic rings. The second-order valence-electron chi connectivity index (χ2n) is 14.8. The number of benzene rings is 9. The van der Waals surface area contributed by atoms with Gasteiger partial charge >= 0.3 is 0 Å². The summed E-state index contributed by atoms with van der Waals surface area (Å²) < 4.78 is 6.96. The van der Waals surface area contributed by atoms with Crippen molar-refractivity contribution >= 4 is 49.3 Å². The maximum atomic E-state index is 6.96. The predicted octanol–water partition coefficient (Wildman–Crippen LogP) is 13.2. The molecule has 1 aromatic heterocycles. The van der Waals surface area contributed by atoms with Gasteiger partial charge in [0.15, 0.2) is 0 Å². The van der Waals surface area contributed by atoms with Gasteiger partial charge in [0.05, 0.1) is 0 Å². The Bertz CT molecular complexity index is 3070. The van der Waals surface area contributed by atoms with E-state index in [0.29, 0.717) is 0 Å². The third-order valence-corrected chi connectivity index (χ3v) is 11.3. The lowest BCUT2D eigenvalue weighted by Crippen LogP contribution is -2.45. The molecule has 2 unspecified atom stereocenters. The number of nitrogens with one attached hydrogen (secondary N) is 2. The van der Waals surface area contributed by atoms with E-state index in [0.717, 1.165) is 83.2 Å². The van der Waals surface area contributed by atoms with Gasteiger partial charge in [-0.3, -0.25) is 5.32 Å². The minimum absolute atomic E-state index is 0.302. The molecule has 1 aliphatic heterocycles. The number of hydrogen-bond acceptors (Lipinski definition) is 4. The lowest BCUT2D eigenvalue weighted by Gasteiger charge is -2.33. The highest BCUT2D eigenvalue weighted by atomic mass is 16.3. The van der Waals surface area contributed by atoms with Gasteiger partial charge in [0.1, 0.15) is 29.3 Å². The van der Waals surface area contributed by atoms with Gasteiger partial charge in [-0.1, -0.05) is 164 Å². The molecule has 9 aromatic carbocycles. The fraction of sp³-hybridized carbons (Fsp3) is 0.0377. The van der Waals surface area contributed by atoms with Crippen LogP contribution in [0.3, 0.4) is 0 Å². The first-order valence-corrected chi connectivity index (χ1v) is 19.5. The standard InChI is InChI=1S/C53H37N3O/c1-4-14-34(15-5-1)42-29-43(35-16-6-2-7-17-35)31-44(30-42)52-54-51(37-19-8-3-9-20-37)55-53(56-52)46-27-26-45(41-25-24-36-18-10-11-21-38(36)28-41)50-49(46)47-32-39-22-12-13-23-40(39)33-48(47)57-50/h1-33,51,53,55H,(H,54,56). The van der Waals surface area contributed by atoms with E-state index < -0.39 is 0 Å². The van der Waals surface area contributed by atoms with Gasteiger partial charge in [-0.05, 0) is 91.3 Å². The third kappa shape index (κ3) is 6.04. The summed E-state index contributed by atoms with van der Waals surface area (Å²) >= 11 is 0. The smallest absolute Gasteiger partial charge is 0.143 e. The summed E-state index contributed by atoms with van der Waals surface area (Å²) in [4.78, 5) is 5.40. The molecule has 11 rings (SSSR count). The highest BCUT2D eigenvalue weighted by Crippen LogP contribution is 2.42. The van der Waals surface area contributed by atoms with Crippen LogP contribution >= 0.6 is 0 Å². The van der Waals surface area contributed by atoms with E-state index in [4.69, 9.17) is 9.41 Å². The molecular formula is C53H37N3O. The first-order valence-electron chi connectivity index (χ1n) is 19.5. The molecule has 2 atom stereocenters. The van der Waals surface area contributed by atoms with E-state index in [1.165, 1.54) is 16.2 Å². The van der Waals surface area contributed by atoms with Crippen LogP contribution in [0.25, 0.3) is 76.9 Å². The minimum atomic E-state index is -0.304.